The van der Waals surface area contributed by atoms with Gasteiger partial charge in [-0.25, -0.2) is 9.59 Å². The highest BCUT2D eigenvalue weighted by molar-refractivity contribution is 5.88. The zero-order valence-electron chi connectivity index (χ0n) is 40.9. The lowest BCUT2D eigenvalue weighted by Crippen LogP contribution is -2.41. The average Bonchev–Trinajstić information content (AvgIpc) is 3.32. The maximum Gasteiger partial charge on any atom is 0.335 e. The molecule has 8 N–H and O–H groups in total. The van der Waals surface area contributed by atoms with Gasteiger partial charge < -0.3 is 65.6 Å². The Morgan fingerprint density at radius 3 is 1.66 bits per heavy atom. The van der Waals surface area contributed by atoms with Crippen molar-refractivity contribution in [3.05, 3.63) is 29.8 Å². The van der Waals surface area contributed by atoms with Crippen molar-refractivity contribution >= 4 is 53.1 Å². The molecular weight excluding hydrogens is 919 g/mol. The van der Waals surface area contributed by atoms with E-state index in [4.69, 9.17) is 28.8 Å². The van der Waals surface area contributed by atoms with Crippen molar-refractivity contribution in [2.24, 2.45) is 5.92 Å². The number of ether oxygens (including phenoxy) is 5. The summed E-state index contributed by atoms with van der Waals surface area (Å²) in [6.07, 6.45) is 8.02. The number of amides is 4. The number of aliphatic carboxylic acids is 2. The van der Waals surface area contributed by atoms with Crippen molar-refractivity contribution in [3.8, 4) is 5.75 Å². The van der Waals surface area contributed by atoms with Crippen LogP contribution in [0.15, 0.2) is 24.3 Å². The van der Waals surface area contributed by atoms with Crippen LogP contribution >= 0.6 is 0 Å². The molecule has 0 aliphatic rings. The summed E-state index contributed by atoms with van der Waals surface area (Å²) in [5, 5.41) is 41.4. The number of rotatable bonds is 46. The fraction of sp³-hybridized carbons (Fsp3) is 0.688. The predicted molar refractivity (Wildman–Crippen MR) is 254 cm³/mol. The number of carboxylic acid groups (broad SMARTS) is 3. The van der Waals surface area contributed by atoms with E-state index < -0.39 is 41.6 Å². The molecular formula is C48H77N5O17. The minimum absolute atomic E-state index is 0.00444. The SMILES string of the molecule is CN[C@@H](CCCCNC(=O)CC[C@H](CC(=O)COCCOCCNC(=O)COCCOCCNC(=O)CC[C@H](NC(=O)CCCCCCCCCOc1ccc(C(=O)O)cc1)C(=O)O)C(=O)O)C(C)=O. The Kier molecular flexibility index (Phi) is 35.9. The summed E-state index contributed by atoms with van der Waals surface area (Å²) < 4.78 is 26.9. The fourth-order valence-electron chi connectivity index (χ4n) is 6.70. The Morgan fingerprint density at radius 2 is 1.07 bits per heavy atom. The van der Waals surface area contributed by atoms with Crippen LogP contribution in [-0.2, 0) is 57.3 Å². The van der Waals surface area contributed by atoms with E-state index in [1.807, 2.05) is 0 Å². The van der Waals surface area contributed by atoms with E-state index in [9.17, 15) is 53.4 Å². The number of hydrogen-bond acceptors (Lipinski definition) is 15. The van der Waals surface area contributed by atoms with Gasteiger partial charge in [-0.1, -0.05) is 32.1 Å². The van der Waals surface area contributed by atoms with E-state index in [2.05, 4.69) is 26.6 Å². The molecule has 0 aliphatic heterocycles. The monoisotopic (exact) mass is 996 g/mol. The summed E-state index contributed by atoms with van der Waals surface area (Å²) in [4.78, 5) is 107. The minimum atomic E-state index is -1.22. The van der Waals surface area contributed by atoms with Gasteiger partial charge in [-0.05, 0) is 83.2 Å². The first-order valence-electron chi connectivity index (χ1n) is 24.1. The predicted octanol–water partition coefficient (Wildman–Crippen LogP) is 2.44. The van der Waals surface area contributed by atoms with Crippen LogP contribution in [-0.4, -0.2) is 167 Å². The molecule has 0 bridgehead atoms. The van der Waals surface area contributed by atoms with Gasteiger partial charge in [-0.2, -0.15) is 0 Å². The van der Waals surface area contributed by atoms with Gasteiger partial charge in [0.2, 0.25) is 23.6 Å². The Hall–Kier alpha value is -5.55. The van der Waals surface area contributed by atoms with Crippen molar-refractivity contribution in [2.45, 2.75) is 122 Å². The Balaban J connectivity index is 1.99. The molecule has 0 aliphatic carbocycles. The van der Waals surface area contributed by atoms with Gasteiger partial charge in [0.15, 0.2) is 5.78 Å². The second-order valence-corrected chi connectivity index (χ2v) is 16.5. The van der Waals surface area contributed by atoms with Crippen LogP contribution in [0.25, 0.3) is 0 Å². The summed E-state index contributed by atoms with van der Waals surface area (Å²) in [6, 6.07) is 4.87. The molecule has 0 spiro atoms. The van der Waals surface area contributed by atoms with Gasteiger partial charge in [0, 0.05) is 45.3 Å². The molecule has 0 saturated carbocycles. The number of carboxylic acids is 3. The van der Waals surface area contributed by atoms with E-state index in [1.165, 1.54) is 19.1 Å². The van der Waals surface area contributed by atoms with Crippen molar-refractivity contribution < 1.29 is 82.2 Å². The van der Waals surface area contributed by atoms with Gasteiger partial charge in [-0.3, -0.25) is 33.6 Å². The third-order valence-corrected chi connectivity index (χ3v) is 10.7. The standard InChI is InChI=1S/C48H77N5O17/c1-35(54)40(49-2)12-9-10-22-50-42(56)20-16-37(47(62)63)32-38(55)33-68-30-28-67-27-24-52-45(59)34-69-31-29-66-26-23-51-43(57)21-19-41(48(64)65)53-44(58)13-8-6-4-3-5-7-11-25-70-39-17-14-36(15-18-39)46(60)61/h14-15,17-18,37,40-41,49H,3-13,16,19-34H2,1-2H3,(H,50,56)(H,51,57)(H,52,59)(H,53,58)(H,60,61)(H,62,63)(H,64,65)/t37-,40+,41+/m1/s1. The molecule has 22 heteroatoms. The van der Waals surface area contributed by atoms with E-state index in [-0.39, 0.29) is 140 Å². The number of carbonyl (C=O) groups is 9. The molecule has 0 aromatic heterocycles. The Morgan fingerprint density at radius 1 is 0.514 bits per heavy atom. The second kappa shape index (κ2) is 40.2. The largest absolute Gasteiger partial charge is 0.494 e. The summed E-state index contributed by atoms with van der Waals surface area (Å²) >= 11 is 0. The van der Waals surface area contributed by atoms with Crippen LogP contribution < -0.4 is 31.3 Å². The number of aromatic carboxylic acids is 1. The summed E-state index contributed by atoms with van der Waals surface area (Å²) in [5.41, 5.74) is 0.207. The third kappa shape index (κ3) is 33.9. The third-order valence-electron chi connectivity index (χ3n) is 10.7. The summed E-state index contributed by atoms with van der Waals surface area (Å²) in [7, 11) is 1.72. The van der Waals surface area contributed by atoms with E-state index in [0.29, 0.717) is 38.2 Å². The van der Waals surface area contributed by atoms with Gasteiger partial charge in [0.25, 0.3) is 0 Å². The normalized spacial score (nSPS) is 12.3. The van der Waals surface area contributed by atoms with Gasteiger partial charge >= 0.3 is 17.9 Å². The topological polar surface area (TPSA) is 321 Å². The smallest absolute Gasteiger partial charge is 0.335 e. The highest BCUT2D eigenvalue weighted by Gasteiger charge is 2.23. The number of unbranched alkanes of at least 4 members (excludes halogenated alkanes) is 7. The lowest BCUT2D eigenvalue weighted by Gasteiger charge is -2.14. The molecule has 1 aromatic rings. The van der Waals surface area contributed by atoms with Crippen LogP contribution in [0.3, 0.4) is 0 Å². The van der Waals surface area contributed by atoms with Crippen LogP contribution in [0.1, 0.15) is 120 Å². The molecule has 1 rings (SSSR count). The van der Waals surface area contributed by atoms with Crippen molar-refractivity contribution in [3.63, 3.8) is 0 Å². The van der Waals surface area contributed by atoms with E-state index in [0.717, 1.165) is 44.9 Å². The van der Waals surface area contributed by atoms with Crippen molar-refractivity contribution in [1.82, 2.24) is 26.6 Å². The van der Waals surface area contributed by atoms with Crippen LogP contribution in [0, 0.1) is 5.92 Å². The zero-order chi connectivity index (χ0) is 51.8. The van der Waals surface area contributed by atoms with Gasteiger partial charge in [0.1, 0.15) is 30.8 Å². The van der Waals surface area contributed by atoms with E-state index in [1.54, 1.807) is 19.2 Å². The first-order chi connectivity index (χ1) is 33.6. The summed E-state index contributed by atoms with van der Waals surface area (Å²) in [6.45, 7) is 3.11. The number of Topliss-reactive ketones (excluding diaryl/α,β-unsaturated/α-hetero) is 2. The van der Waals surface area contributed by atoms with Crippen LogP contribution in [0.2, 0.25) is 0 Å². The lowest BCUT2D eigenvalue weighted by molar-refractivity contribution is -0.145. The number of ketones is 2. The molecule has 4 amide bonds. The quantitative estimate of drug-likeness (QED) is 0.0435. The first kappa shape index (κ1) is 62.5. The average molecular weight is 996 g/mol. The number of benzene rings is 1. The second-order valence-electron chi connectivity index (χ2n) is 16.5. The maximum atomic E-state index is 12.3. The molecule has 0 fully saturated rings. The molecule has 0 radical (unpaired) electrons. The number of likely N-dealkylation sites (N-methyl/N-ethyl adjacent to an activating group) is 1. The van der Waals surface area contributed by atoms with Crippen LogP contribution in [0.4, 0.5) is 0 Å². The zero-order valence-corrected chi connectivity index (χ0v) is 40.9. The first-order valence-corrected chi connectivity index (χ1v) is 24.1. The van der Waals surface area contributed by atoms with Crippen molar-refractivity contribution in [1.29, 1.82) is 0 Å². The number of nitrogens with one attached hydrogen (secondary N) is 5. The lowest BCUT2D eigenvalue weighted by atomic mass is 9.97. The fourth-order valence-corrected chi connectivity index (χ4v) is 6.70. The molecule has 396 valence electrons. The van der Waals surface area contributed by atoms with Gasteiger partial charge in [0.05, 0.1) is 63.8 Å². The van der Waals surface area contributed by atoms with Gasteiger partial charge in [-0.15, -0.1) is 0 Å². The van der Waals surface area contributed by atoms with E-state index >= 15 is 0 Å². The highest BCUT2D eigenvalue weighted by Crippen LogP contribution is 2.15. The maximum absolute atomic E-state index is 12.3. The molecule has 3 atom stereocenters. The Labute approximate surface area is 410 Å². The number of carbonyl (C=O) groups excluding carboxylic acids is 6. The molecule has 0 saturated heterocycles. The molecule has 1 aromatic carbocycles. The molecule has 0 unspecified atom stereocenters. The minimum Gasteiger partial charge on any atom is -0.494 e. The molecule has 0 heterocycles. The highest BCUT2D eigenvalue weighted by atomic mass is 16.5. The molecule has 22 nitrogen and oxygen atoms in total. The van der Waals surface area contributed by atoms with Crippen LogP contribution in [0.5, 0.6) is 5.75 Å². The molecule has 70 heavy (non-hydrogen) atoms. The summed E-state index contributed by atoms with van der Waals surface area (Å²) in [5.74, 6) is -5.60. The Bertz CT molecular complexity index is 1710. The number of hydrogen-bond donors (Lipinski definition) is 8. The van der Waals surface area contributed by atoms with Crippen molar-refractivity contribution in [2.75, 3.05) is 86.1 Å².